The van der Waals surface area contributed by atoms with Gasteiger partial charge >= 0.3 is 6.03 Å². The topological polar surface area (TPSA) is 70.7 Å². The molecular formula is C24H31N3O3S. The van der Waals surface area contributed by atoms with Gasteiger partial charge in [0.15, 0.2) is 0 Å². The van der Waals surface area contributed by atoms with Gasteiger partial charge in [-0.25, -0.2) is 4.79 Å². The molecule has 1 saturated heterocycles. The van der Waals surface area contributed by atoms with Crippen LogP contribution in [-0.2, 0) is 29.1 Å². The summed E-state index contributed by atoms with van der Waals surface area (Å²) in [5, 5.41) is 5.69. The number of urea groups is 1. The maximum absolute atomic E-state index is 12.4. The zero-order valence-electron chi connectivity index (χ0n) is 18.2. The largest absolute Gasteiger partial charge is 0.374 e. The van der Waals surface area contributed by atoms with E-state index in [1.807, 2.05) is 79.0 Å². The lowest BCUT2D eigenvalue weighted by Crippen LogP contribution is -2.38. The highest BCUT2D eigenvalue weighted by molar-refractivity contribution is 7.99. The number of carbonyl (C=O) groups excluding carboxylic acids is 2. The highest BCUT2D eigenvalue weighted by Gasteiger charge is 2.16. The maximum Gasteiger partial charge on any atom is 0.319 e. The molecule has 0 spiro atoms. The molecule has 2 aromatic rings. The second-order valence-electron chi connectivity index (χ2n) is 7.85. The quantitative estimate of drug-likeness (QED) is 0.648. The van der Waals surface area contributed by atoms with Gasteiger partial charge in [0.05, 0.1) is 19.1 Å². The molecule has 0 bridgehead atoms. The fraction of sp³-hybridized carbons (Fsp3) is 0.417. The van der Waals surface area contributed by atoms with Crippen LogP contribution in [0.25, 0.3) is 0 Å². The fourth-order valence-corrected chi connectivity index (χ4v) is 4.08. The number of nitrogens with one attached hydrogen (secondary N) is 2. The first-order chi connectivity index (χ1) is 15.0. The van der Waals surface area contributed by atoms with E-state index in [4.69, 9.17) is 4.74 Å². The van der Waals surface area contributed by atoms with Crippen molar-refractivity contribution in [2.45, 2.75) is 39.5 Å². The summed E-state index contributed by atoms with van der Waals surface area (Å²) in [7, 11) is 0. The summed E-state index contributed by atoms with van der Waals surface area (Å²) in [6.07, 6.45) is 0.600. The van der Waals surface area contributed by atoms with E-state index in [0.717, 1.165) is 41.3 Å². The van der Waals surface area contributed by atoms with E-state index in [-0.39, 0.29) is 18.0 Å². The number of rotatable bonds is 8. The van der Waals surface area contributed by atoms with Crippen molar-refractivity contribution in [2.75, 3.05) is 29.9 Å². The number of thioether (sulfide) groups is 1. The number of amides is 3. The Morgan fingerprint density at radius 2 is 1.58 bits per heavy atom. The van der Waals surface area contributed by atoms with Crippen LogP contribution < -0.4 is 10.6 Å². The molecule has 1 aliphatic rings. The molecule has 6 nitrogen and oxygen atoms in total. The number of hydrogen-bond donors (Lipinski definition) is 2. The minimum absolute atomic E-state index is 0.167. The van der Waals surface area contributed by atoms with E-state index < -0.39 is 0 Å². The first-order valence-corrected chi connectivity index (χ1v) is 11.8. The standard InChI is InChI=1S/C24H31N3O3S/c1-18(2)30-17-21-5-3-20(4-6-21)16-25-24(29)26-22-9-7-19(8-10-22)15-23(28)27-11-13-31-14-12-27/h3-10,18H,11-17H2,1-2H3,(H2,25,26,29). The highest BCUT2D eigenvalue weighted by atomic mass is 32.2. The van der Waals surface area contributed by atoms with Crippen molar-refractivity contribution >= 4 is 29.4 Å². The van der Waals surface area contributed by atoms with E-state index in [2.05, 4.69) is 10.6 Å². The van der Waals surface area contributed by atoms with E-state index in [1.165, 1.54) is 0 Å². The second-order valence-corrected chi connectivity index (χ2v) is 9.08. The highest BCUT2D eigenvalue weighted by Crippen LogP contribution is 2.14. The van der Waals surface area contributed by atoms with Crippen molar-refractivity contribution in [1.82, 2.24) is 10.2 Å². The molecule has 0 aliphatic carbocycles. The Balaban J connectivity index is 1.41. The summed E-state index contributed by atoms with van der Waals surface area (Å²) in [4.78, 5) is 26.5. The predicted molar refractivity (Wildman–Crippen MR) is 126 cm³/mol. The van der Waals surface area contributed by atoms with Crippen LogP contribution in [0.5, 0.6) is 0 Å². The molecular weight excluding hydrogens is 410 g/mol. The summed E-state index contributed by atoms with van der Waals surface area (Å²) in [6.45, 7) is 6.72. The molecule has 0 aromatic heterocycles. The van der Waals surface area contributed by atoms with Crippen molar-refractivity contribution in [2.24, 2.45) is 0 Å². The van der Waals surface area contributed by atoms with Crippen molar-refractivity contribution in [1.29, 1.82) is 0 Å². The molecule has 3 amide bonds. The van der Waals surface area contributed by atoms with Gasteiger partial charge in [-0.2, -0.15) is 11.8 Å². The third kappa shape index (κ3) is 7.92. The smallest absolute Gasteiger partial charge is 0.319 e. The minimum atomic E-state index is -0.262. The van der Waals surface area contributed by atoms with Gasteiger partial charge in [0.1, 0.15) is 0 Å². The van der Waals surface area contributed by atoms with E-state index in [0.29, 0.717) is 25.3 Å². The zero-order chi connectivity index (χ0) is 22.1. The average molecular weight is 442 g/mol. The van der Waals surface area contributed by atoms with Gasteiger partial charge in [-0.3, -0.25) is 4.79 Å². The zero-order valence-corrected chi connectivity index (χ0v) is 19.0. The van der Waals surface area contributed by atoms with Gasteiger partial charge < -0.3 is 20.3 Å². The minimum Gasteiger partial charge on any atom is -0.374 e. The summed E-state index contributed by atoms with van der Waals surface area (Å²) >= 11 is 1.89. The summed E-state index contributed by atoms with van der Waals surface area (Å²) < 4.78 is 5.59. The van der Waals surface area contributed by atoms with Crippen molar-refractivity contribution < 1.29 is 14.3 Å². The van der Waals surface area contributed by atoms with Gasteiger partial charge in [-0.05, 0) is 42.7 Å². The first-order valence-electron chi connectivity index (χ1n) is 10.7. The van der Waals surface area contributed by atoms with Crippen LogP contribution in [0.3, 0.4) is 0 Å². The van der Waals surface area contributed by atoms with Gasteiger partial charge in [0, 0.05) is 36.8 Å². The molecule has 0 unspecified atom stereocenters. The number of benzene rings is 2. The van der Waals surface area contributed by atoms with Gasteiger partial charge in [-0.1, -0.05) is 36.4 Å². The van der Waals surface area contributed by atoms with Crippen molar-refractivity contribution in [3.8, 4) is 0 Å². The molecule has 3 rings (SSSR count). The number of carbonyl (C=O) groups is 2. The number of anilines is 1. The van der Waals surface area contributed by atoms with Crippen LogP contribution in [0.1, 0.15) is 30.5 Å². The fourth-order valence-electron chi connectivity index (χ4n) is 3.18. The van der Waals surface area contributed by atoms with Crippen LogP contribution in [0.15, 0.2) is 48.5 Å². The lowest BCUT2D eigenvalue weighted by Gasteiger charge is -2.26. The summed E-state index contributed by atoms with van der Waals surface area (Å²) in [5.41, 5.74) is 3.79. The first kappa shape index (κ1) is 23.2. The Hall–Kier alpha value is -2.51. The lowest BCUT2D eigenvalue weighted by atomic mass is 10.1. The Bertz CT molecular complexity index is 847. The van der Waals surface area contributed by atoms with Crippen LogP contribution in [0.2, 0.25) is 0 Å². The summed E-state index contributed by atoms with van der Waals surface area (Å²) in [6, 6.07) is 15.2. The van der Waals surface area contributed by atoms with E-state index in [1.54, 1.807) is 0 Å². The van der Waals surface area contributed by atoms with E-state index >= 15 is 0 Å². The van der Waals surface area contributed by atoms with Crippen molar-refractivity contribution in [3.63, 3.8) is 0 Å². The Kier molecular flexibility index (Phi) is 8.79. The molecule has 1 aliphatic heterocycles. The van der Waals surface area contributed by atoms with Crippen molar-refractivity contribution in [3.05, 3.63) is 65.2 Å². The van der Waals surface area contributed by atoms with Crippen LogP contribution in [0, 0.1) is 0 Å². The molecule has 7 heteroatoms. The molecule has 2 N–H and O–H groups in total. The number of nitrogens with zero attached hydrogens (tertiary/aromatic N) is 1. The number of hydrogen-bond acceptors (Lipinski definition) is 4. The SMILES string of the molecule is CC(C)OCc1ccc(CNC(=O)Nc2ccc(CC(=O)N3CCSCC3)cc2)cc1. The Morgan fingerprint density at radius 3 is 2.23 bits per heavy atom. The summed E-state index contributed by atoms with van der Waals surface area (Å²) in [5.74, 6) is 2.20. The molecule has 1 heterocycles. The third-order valence-electron chi connectivity index (χ3n) is 4.99. The molecule has 0 saturated carbocycles. The monoisotopic (exact) mass is 441 g/mol. The van der Waals surface area contributed by atoms with Crippen LogP contribution in [0.4, 0.5) is 10.5 Å². The number of ether oxygens (including phenoxy) is 1. The average Bonchev–Trinajstić information content (AvgIpc) is 2.79. The molecule has 0 atom stereocenters. The molecule has 166 valence electrons. The van der Waals surface area contributed by atoms with Crippen LogP contribution >= 0.6 is 11.8 Å². The Morgan fingerprint density at radius 1 is 0.968 bits per heavy atom. The molecule has 31 heavy (non-hydrogen) atoms. The maximum atomic E-state index is 12.4. The molecule has 2 aromatic carbocycles. The second kappa shape index (κ2) is 11.8. The third-order valence-corrected chi connectivity index (χ3v) is 5.93. The molecule has 1 fully saturated rings. The van der Waals surface area contributed by atoms with E-state index in [9.17, 15) is 9.59 Å². The molecule has 0 radical (unpaired) electrons. The van der Waals surface area contributed by atoms with Gasteiger partial charge in [0.25, 0.3) is 0 Å². The normalized spacial score (nSPS) is 13.8. The van der Waals surface area contributed by atoms with Gasteiger partial charge in [0.2, 0.25) is 5.91 Å². The predicted octanol–water partition coefficient (Wildman–Crippen LogP) is 4.05. The lowest BCUT2D eigenvalue weighted by molar-refractivity contribution is -0.130. The Labute approximate surface area is 188 Å². The van der Waals surface area contributed by atoms with Crippen LogP contribution in [-0.4, -0.2) is 47.5 Å². The van der Waals surface area contributed by atoms with Gasteiger partial charge in [-0.15, -0.1) is 0 Å².